The van der Waals surface area contributed by atoms with E-state index in [0.29, 0.717) is 23.7 Å². The lowest BCUT2D eigenvalue weighted by Crippen LogP contribution is -2.28. The summed E-state index contributed by atoms with van der Waals surface area (Å²) in [6.45, 7) is 3.95. The summed E-state index contributed by atoms with van der Waals surface area (Å²) < 4.78 is 6.60. The van der Waals surface area contributed by atoms with Crippen LogP contribution in [0.3, 0.4) is 0 Å². The van der Waals surface area contributed by atoms with Crippen LogP contribution in [0.4, 0.5) is 16.2 Å². The number of aromatic amines is 1. The molecule has 0 fully saturated rings. The van der Waals surface area contributed by atoms with Crippen LogP contribution in [0, 0.1) is 6.92 Å². The van der Waals surface area contributed by atoms with Gasteiger partial charge in [-0.2, -0.15) is 4.52 Å². The number of ether oxygens (including phenoxy) is 1. The van der Waals surface area contributed by atoms with Gasteiger partial charge in [0.25, 0.3) is 11.3 Å². The number of rotatable bonds is 4. The maximum Gasteiger partial charge on any atom is 0.323 e. The fraction of sp³-hybridized carbons (Fsp3) is 0.200. The van der Waals surface area contributed by atoms with E-state index < -0.39 is 11.6 Å². The minimum absolute atomic E-state index is 0.0724. The number of nitrogens with one attached hydrogen (secondary N) is 3. The van der Waals surface area contributed by atoms with E-state index >= 15 is 0 Å². The Balaban J connectivity index is 1.84. The van der Waals surface area contributed by atoms with Crippen molar-refractivity contribution >= 4 is 23.2 Å². The Hall–Kier alpha value is -3.36. The van der Waals surface area contributed by atoms with Crippen LogP contribution in [-0.2, 0) is 0 Å². The van der Waals surface area contributed by atoms with E-state index in [1.54, 1.807) is 31.2 Å². The predicted octanol–water partition coefficient (Wildman–Crippen LogP) is 1.77. The molecule has 2 aromatic heterocycles. The molecule has 2 heterocycles. The van der Waals surface area contributed by atoms with Crippen LogP contribution in [0.1, 0.15) is 12.6 Å². The van der Waals surface area contributed by atoms with Crippen LogP contribution >= 0.6 is 0 Å². The number of hydrogen-bond acceptors (Lipinski definition) is 5. The Morgan fingerprint density at radius 2 is 2.12 bits per heavy atom. The van der Waals surface area contributed by atoms with Crippen molar-refractivity contribution in [3.05, 3.63) is 46.6 Å². The van der Waals surface area contributed by atoms with E-state index in [2.05, 4.69) is 25.7 Å². The average Bonchev–Trinajstić information content (AvgIpc) is 3.02. The summed E-state index contributed by atoms with van der Waals surface area (Å²) in [6.07, 6.45) is 1.35. The minimum atomic E-state index is -0.566. The number of aromatic nitrogens is 4. The van der Waals surface area contributed by atoms with Gasteiger partial charge in [0.1, 0.15) is 17.8 Å². The molecule has 0 aliphatic rings. The third-order valence-corrected chi connectivity index (χ3v) is 3.29. The molecule has 0 spiro atoms. The van der Waals surface area contributed by atoms with Crippen LogP contribution < -0.4 is 20.9 Å². The molecule has 0 bridgehead atoms. The Labute approximate surface area is 136 Å². The van der Waals surface area contributed by atoms with Gasteiger partial charge in [0.15, 0.2) is 0 Å². The topological polar surface area (TPSA) is 113 Å². The molecule has 0 aliphatic heterocycles. The summed E-state index contributed by atoms with van der Waals surface area (Å²) in [4.78, 5) is 32.7. The van der Waals surface area contributed by atoms with Gasteiger partial charge in [0, 0.05) is 0 Å². The van der Waals surface area contributed by atoms with Crippen LogP contribution in [-0.4, -0.2) is 32.2 Å². The van der Waals surface area contributed by atoms with E-state index in [4.69, 9.17) is 4.74 Å². The van der Waals surface area contributed by atoms with Crippen molar-refractivity contribution in [3.63, 3.8) is 0 Å². The van der Waals surface area contributed by atoms with Crippen molar-refractivity contribution in [1.29, 1.82) is 0 Å². The van der Waals surface area contributed by atoms with Gasteiger partial charge < -0.3 is 15.4 Å². The highest BCUT2D eigenvalue weighted by atomic mass is 16.5. The van der Waals surface area contributed by atoms with Crippen molar-refractivity contribution < 1.29 is 9.53 Å². The van der Waals surface area contributed by atoms with Gasteiger partial charge in [-0.15, -0.1) is 0 Å². The van der Waals surface area contributed by atoms with E-state index in [9.17, 15) is 9.59 Å². The Morgan fingerprint density at radius 1 is 1.33 bits per heavy atom. The number of carbonyl (C=O) groups excluding carboxylic acids is 1. The van der Waals surface area contributed by atoms with Crippen LogP contribution in [0.25, 0.3) is 5.78 Å². The van der Waals surface area contributed by atoms with E-state index in [-0.39, 0.29) is 11.5 Å². The minimum Gasteiger partial charge on any atom is -0.492 e. The lowest BCUT2D eigenvalue weighted by atomic mass is 10.3. The van der Waals surface area contributed by atoms with E-state index in [1.165, 1.54) is 6.33 Å². The first-order valence-corrected chi connectivity index (χ1v) is 7.32. The maximum absolute atomic E-state index is 12.4. The van der Waals surface area contributed by atoms with Gasteiger partial charge >= 0.3 is 6.03 Å². The first-order chi connectivity index (χ1) is 11.6. The molecule has 2 amide bonds. The monoisotopic (exact) mass is 328 g/mol. The van der Waals surface area contributed by atoms with Gasteiger partial charge in [-0.05, 0) is 26.0 Å². The van der Waals surface area contributed by atoms with Gasteiger partial charge in [-0.25, -0.2) is 14.8 Å². The average molecular weight is 328 g/mol. The zero-order chi connectivity index (χ0) is 17.1. The maximum atomic E-state index is 12.4. The van der Waals surface area contributed by atoms with Crippen molar-refractivity contribution in [3.8, 4) is 5.75 Å². The molecule has 24 heavy (non-hydrogen) atoms. The number of para-hydroxylation sites is 2. The Bertz CT molecular complexity index is 946. The second-order valence-electron chi connectivity index (χ2n) is 4.91. The van der Waals surface area contributed by atoms with Crippen LogP contribution in [0.2, 0.25) is 0 Å². The lowest BCUT2D eigenvalue weighted by Gasteiger charge is -2.12. The Kier molecular flexibility index (Phi) is 4.15. The number of nitrogens with zero attached hydrogens (tertiary/aromatic N) is 3. The molecule has 0 aliphatic carbocycles. The number of fused-ring (bicyclic) bond motifs is 1. The summed E-state index contributed by atoms with van der Waals surface area (Å²) in [7, 11) is 0. The van der Waals surface area contributed by atoms with Crippen molar-refractivity contribution in [1.82, 2.24) is 19.6 Å². The Morgan fingerprint density at radius 3 is 2.92 bits per heavy atom. The van der Waals surface area contributed by atoms with E-state index in [1.807, 2.05) is 6.92 Å². The van der Waals surface area contributed by atoms with Gasteiger partial charge in [-0.1, -0.05) is 12.1 Å². The first kappa shape index (κ1) is 15.5. The zero-order valence-electron chi connectivity index (χ0n) is 13.2. The standard InChI is InChI=1S/C15H16N6O3/c1-3-24-11-7-5-4-6-10(11)19-15(23)20-12-9(2)18-14-16-8-17-21(14)13(12)22/h4-8H,3H2,1-2H3,(H,16,17,18)(H2,19,20,23). The predicted molar refractivity (Wildman–Crippen MR) is 88.6 cm³/mol. The molecule has 0 saturated heterocycles. The molecule has 3 aromatic rings. The van der Waals surface area contributed by atoms with Crippen molar-refractivity contribution in [2.45, 2.75) is 13.8 Å². The van der Waals surface area contributed by atoms with Crippen molar-refractivity contribution in [2.75, 3.05) is 17.2 Å². The number of hydrogen-bond donors (Lipinski definition) is 3. The largest absolute Gasteiger partial charge is 0.492 e. The van der Waals surface area contributed by atoms with Crippen molar-refractivity contribution in [2.24, 2.45) is 0 Å². The van der Waals surface area contributed by atoms with Gasteiger partial charge in [0.05, 0.1) is 18.0 Å². The van der Waals surface area contributed by atoms with Crippen LogP contribution in [0.15, 0.2) is 35.4 Å². The molecule has 0 saturated carbocycles. The SMILES string of the molecule is CCOc1ccccc1NC(=O)Nc1c(C)nc2nc[nH]n2c1=O. The molecule has 3 rings (SSSR count). The molecule has 1 aromatic carbocycles. The summed E-state index contributed by atoms with van der Waals surface area (Å²) in [5, 5.41) is 7.84. The third kappa shape index (κ3) is 2.91. The molecular formula is C15H16N6O3. The third-order valence-electron chi connectivity index (χ3n) is 3.29. The smallest absolute Gasteiger partial charge is 0.323 e. The number of aryl methyl sites for hydroxylation is 1. The zero-order valence-corrected chi connectivity index (χ0v) is 13.2. The molecule has 0 radical (unpaired) electrons. The number of H-pyrrole nitrogens is 1. The van der Waals surface area contributed by atoms with Gasteiger partial charge in [-0.3, -0.25) is 9.89 Å². The normalized spacial score (nSPS) is 10.6. The number of anilines is 2. The highest BCUT2D eigenvalue weighted by Gasteiger charge is 2.15. The number of benzene rings is 1. The fourth-order valence-corrected chi connectivity index (χ4v) is 2.22. The molecule has 9 heteroatoms. The molecule has 0 atom stereocenters. The number of urea groups is 1. The van der Waals surface area contributed by atoms with Crippen LogP contribution in [0.5, 0.6) is 5.75 Å². The lowest BCUT2D eigenvalue weighted by molar-refractivity contribution is 0.262. The molecule has 3 N–H and O–H groups in total. The second-order valence-corrected chi connectivity index (χ2v) is 4.91. The second kappa shape index (κ2) is 6.41. The molecule has 0 unspecified atom stereocenters. The summed E-state index contributed by atoms with van der Waals surface area (Å²) in [6, 6.07) is 6.47. The first-order valence-electron chi connectivity index (χ1n) is 7.32. The molecule has 9 nitrogen and oxygen atoms in total. The summed E-state index contributed by atoms with van der Waals surface area (Å²) >= 11 is 0. The summed E-state index contributed by atoms with van der Waals surface area (Å²) in [5.74, 6) is 0.788. The molecule has 124 valence electrons. The quantitative estimate of drug-likeness (QED) is 0.675. The highest BCUT2D eigenvalue weighted by Crippen LogP contribution is 2.23. The fourth-order valence-electron chi connectivity index (χ4n) is 2.22. The number of carbonyl (C=O) groups is 1. The summed E-state index contributed by atoms with van der Waals surface area (Å²) in [5.41, 5.74) is 0.511. The van der Waals surface area contributed by atoms with E-state index in [0.717, 1.165) is 4.52 Å². The highest BCUT2D eigenvalue weighted by molar-refractivity contribution is 6.00. The van der Waals surface area contributed by atoms with Gasteiger partial charge in [0.2, 0.25) is 0 Å². The number of amides is 2. The molecular weight excluding hydrogens is 312 g/mol.